The van der Waals surface area contributed by atoms with Crippen LogP contribution < -0.4 is 10.6 Å². The van der Waals surface area contributed by atoms with E-state index in [2.05, 4.69) is 13.8 Å². The van der Waals surface area contributed by atoms with Crippen molar-refractivity contribution in [2.45, 2.75) is 39.4 Å². The number of benzene rings is 1. The van der Waals surface area contributed by atoms with E-state index in [9.17, 15) is 13.2 Å². The van der Waals surface area contributed by atoms with Crippen molar-refractivity contribution in [3.05, 3.63) is 29.3 Å². The Bertz CT molecular complexity index is 470. The van der Waals surface area contributed by atoms with E-state index in [1.165, 1.54) is 12.1 Å². The maximum absolute atomic E-state index is 13.0. The smallest absolute Gasteiger partial charge is 0.371 e. The third kappa shape index (κ3) is 3.26. The molecule has 1 fully saturated rings. The molecule has 0 saturated carbocycles. The van der Waals surface area contributed by atoms with Crippen molar-refractivity contribution < 1.29 is 13.2 Å². The molecule has 1 aromatic rings. The van der Waals surface area contributed by atoms with Gasteiger partial charge in [0.05, 0.1) is 5.56 Å². The zero-order valence-electron chi connectivity index (χ0n) is 11.9. The molecule has 2 nitrogen and oxygen atoms in total. The summed E-state index contributed by atoms with van der Waals surface area (Å²) in [5, 5.41) is 0. The highest BCUT2D eigenvalue weighted by molar-refractivity contribution is 5.52. The molecule has 0 aromatic heterocycles. The van der Waals surface area contributed by atoms with Crippen molar-refractivity contribution in [1.82, 2.24) is 0 Å². The van der Waals surface area contributed by atoms with Gasteiger partial charge in [-0.25, -0.2) is 0 Å². The first kappa shape index (κ1) is 15.2. The Morgan fingerprint density at radius 1 is 1.20 bits per heavy atom. The number of piperidine rings is 1. The summed E-state index contributed by atoms with van der Waals surface area (Å²) in [5.74, 6) is 0. The van der Waals surface area contributed by atoms with E-state index in [1.807, 2.05) is 4.90 Å². The predicted octanol–water partition coefficient (Wildman–Crippen LogP) is 3.79. The van der Waals surface area contributed by atoms with E-state index >= 15 is 0 Å². The molecule has 1 aliphatic rings. The van der Waals surface area contributed by atoms with Crippen molar-refractivity contribution >= 4 is 5.69 Å². The third-order valence-corrected chi connectivity index (χ3v) is 4.10. The second-order valence-electron chi connectivity index (χ2n) is 6.19. The minimum absolute atomic E-state index is 0.0951. The van der Waals surface area contributed by atoms with Crippen molar-refractivity contribution in [3.8, 4) is 0 Å². The van der Waals surface area contributed by atoms with Crippen molar-refractivity contribution in [3.63, 3.8) is 0 Å². The minimum atomic E-state index is -4.35. The van der Waals surface area contributed by atoms with Gasteiger partial charge in [0.1, 0.15) is 0 Å². The quantitative estimate of drug-likeness (QED) is 0.896. The fourth-order valence-corrected chi connectivity index (χ4v) is 2.57. The molecule has 1 aliphatic heterocycles. The highest BCUT2D eigenvalue weighted by Crippen LogP contribution is 2.37. The molecular weight excluding hydrogens is 265 g/mol. The van der Waals surface area contributed by atoms with E-state index in [0.717, 1.165) is 25.9 Å². The van der Waals surface area contributed by atoms with Gasteiger partial charge in [0.25, 0.3) is 0 Å². The van der Waals surface area contributed by atoms with E-state index in [0.29, 0.717) is 5.69 Å². The summed E-state index contributed by atoms with van der Waals surface area (Å²) < 4.78 is 39.1. The van der Waals surface area contributed by atoms with Crippen LogP contribution in [0.5, 0.6) is 0 Å². The van der Waals surface area contributed by atoms with Gasteiger partial charge in [-0.05, 0) is 36.0 Å². The van der Waals surface area contributed by atoms with Crippen LogP contribution >= 0.6 is 0 Å². The molecule has 5 heteroatoms. The molecule has 0 aliphatic carbocycles. The van der Waals surface area contributed by atoms with Gasteiger partial charge in [-0.1, -0.05) is 19.9 Å². The molecule has 0 amide bonds. The van der Waals surface area contributed by atoms with Crippen LogP contribution in [0.1, 0.15) is 37.8 Å². The van der Waals surface area contributed by atoms with Gasteiger partial charge in [0.2, 0.25) is 0 Å². The van der Waals surface area contributed by atoms with E-state index in [-0.39, 0.29) is 17.5 Å². The van der Waals surface area contributed by atoms with Crippen LogP contribution in [-0.4, -0.2) is 13.1 Å². The molecule has 0 atom stereocenters. The zero-order chi connectivity index (χ0) is 15.0. The van der Waals surface area contributed by atoms with E-state index < -0.39 is 11.7 Å². The maximum Gasteiger partial charge on any atom is 0.416 e. The maximum atomic E-state index is 13.0. The van der Waals surface area contributed by atoms with Gasteiger partial charge < -0.3 is 10.6 Å². The topological polar surface area (TPSA) is 29.3 Å². The number of anilines is 1. The molecule has 112 valence electrons. The van der Waals surface area contributed by atoms with Gasteiger partial charge in [-0.15, -0.1) is 0 Å². The number of hydrogen-bond acceptors (Lipinski definition) is 2. The summed E-state index contributed by atoms with van der Waals surface area (Å²) >= 11 is 0. The number of nitrogens with zero attached hydrogens (tertiary/aromatic N) is 1. The fraction of sp³-hybridized carbons (Fsp3) is 0.600. The average molecular weight is 286 g/mol. The van der Waals surface area contributed by atoms with Crippen LogP contribution in [0.4, 0.5) is 18.9 Å². The van der Waals surface area contributed by atoms with Crippen LogP contribution in [0.25, 0.3) is 0 Å². The first-order valence-corrected chi connectivity index (χ1v) is 6.88. The van der Waals surface area contributed by atoms with Gasteiger partial charge in [0.15, 0.2) is 0 Å². The van der Waals surface area contributed by atoms with Gasteiger partial charge in [-0.2, -0.15) is 13.2 Å². The molecule has 2 N–H and O–H groups in total. The molecule has 0 radical (unpaired) electrons. The first-order valence-electron chi connectivity index (χ1n) is 6.88. The Hall–Kier alpha value is -1.23. The Kier molecular flexibility index (Phi) is 4.00. The van der Waals surface area contributed by atoms with Crippen molar-refractivity contribution in [2.75, 3.05) is 18.0 Å². The zero-order valence-corrected chi connectivity index (χ0v) is 11.9. The van der Waals surface area contributed by atoms with E-state index in [1.54, 1.807) is 6.07 Å². The Morgan fingerprint density at radius 3 is 2.30 bits per heavy atom. The van der Waals surface area contributed by atoms with Crippen molar-refractivity contribution in [2.24, 2.45) is 11.1 Å². The van der Waals surface area contributed by atoms with Gasteiger partial charge in [0, 0.05) is 25.3 Å². The highest BCUT2D eigenvalue weighted by atomic mass is 19.4. The van der Waals surface area contributed by atoms with Gasteiger partial charge in [-0.3, -0.25) is 0 Å². The molecule has 1 heterocycles. The third-order valence-electron chi connectivity index (χ3n) is 4.10. The van der Waals surface area contributed by atoms with Crippen LogP contribution in [-0.2, 0) is 12.7 Å². The summed E-state index contributed by atoms with van der Waals surface area (Å²) in [4.78, 5) is 2.03. The number of nitrogens with two attached hydrogens (primary N) is 1. The standard InChI is InChI=1S/C15H21F3N2/c1-14(2)5-7-20(8-6-14)12-4-3-11(10-19)13(9-12)15(16,17)18/h3-4,9H,5-8,10,19H2,1-2H3. The first-order chi connectivity index (χ1) is 9.23. The highest BCUT2D eigenvalue weighted by Gasteiger charge is 2.34. The Labute approximate surface area is 117 Å². The fourth-order valence-electron chi connectivity index (χ4n) is 2.57. The molecule has 2 rings (SSSR count). The lowest BCUT2D eigenvalue weighted by Crippen LogP contribution is -2.37. The molecule has 20 heavy (non-hydrogen) atoms. The number of halogens is 3. The SMILES string of the molecule is CC1(C)CCN(c2ccc(CN)c(C(F)(F)F)c2)CC1. The Balaban J connectivity index is 2.26. The summed E-state index contributed by atoms with van der Waals surface area (Å²) in [5.41, 5.74) is 5.86. The second kappa shape index (κ2) is 5.28. The van der Waals surface area contributed by atoms with Crippen LogP contribution in [0, 0.1) is 5.41 Å². The van der Waals surface area contributed by atoms with Crippen LogP contribution in [0.15, 0.2) is 18.2 Å². The lowest BCUT2D eigenvalue weighted by Gasteiger charge is -2.38. The number of hydrogen-bond donors (Lipinski definition) is 1. The van der Waals surface area contributed by atoms with E-state index in [4.69, 9.17) is 5.73 Å². The molecular formula is C15H21F3N2. The van der Waals surface area contributed by atoms with Crippen LogP contribution in [0.3, 0.4) is 0 Å². The average Bonchev–Trinajstić information content (AvgIpc) is 2.37. The molecule has 1 aromatic carbocycles. The molecule has 1 saturated heterocycles. The lowest BCUT2D eigenvalue weighted by atomic mass is 9.82. The van der Waals surface area contributed by atoms with Gasteiger partial charge >= 0.3 is 6.18 Å². The number of rotatable bonds is 2. The summed E-state index contributed by atoms with van der Waals surface area (Å²) in [6.07, 6.45) is -2.36. The normalized spacial score (nSPS) is 19.2. The predicted molar refractivity (Wildman–Crippen MR) is 74.6 cm³/mol. The second-order valence-corrected chi connectivity index (χ2v) is 6.19. The molecule has 0 spiro atoms. The Morgan fingerprint density at radius 2 is 1.80 bits per heavy atom. The summed E-state index contributed by atoms with van der Waals surface area (Å²) in [7, 11) is 0. The summed E-state index contributed by atoms with van der Waals surface area (Å²) in [6, 6.07) is 4.48. The monoisotopic (exact) mass is 286 g/mol. The number of alkyl halides is 3. The summed E-state index contributed by atoms with van der Waals surface area (Å²) in [6.45, 7) is 5.90. The lowest BCUT2D eigenvalue weighted by molar-refractivity contribution is -0.138. The molecule has 0 unspecified atom stereocenters. The molecule has 0 bridgehead atoms. The van der Waals surface area contributed by atoms with Crippen molar-refractivity contribution in [1.29, 1.82) is 0 Å². The van der Waals surface area contributed by atoms with Crippen LogP contribution in [0.2, 0.25) is 0 Å². The minimum Gasteiger partial charge on any atom is -0.371 e. The largest absolute Gasteiger partial charge is 0.416 e.